The number of ether oxygens (including phenoxy) is 2. The third-order valence-electron chi connectivity index (χ3n) is 3.04. The Morgan fingerprint density at radius 3 is 2.44 bits per heavy atom. The summed E-state index contributed by atoms with van der Waals surface area (Å²) in [6.45, 7) is 1.36. The molecule has 1 unspecified atom stereocenters. The average molecular weight is 440 g/mol. The topological polar surface area (TPSA) is 55.8 Å². The SMILES string of the molecule is CC(Oc1cc(Oc2ccc(C(F)(F)F)cc2Cl)ccc1Br)C(=O)O. The first-order valence-electron chi connectivity index (χ1n) is 6.81. The highest BCUT2D eigenvalue weighted by molar-refractivity contribution is 9.10. The van der Waals surface area contributed by atoms with E-state index in [1.165, 1.54) is 19.1 Å². The van der Waals surface area contributed by atoms with Crippen molar-refractivity contribution in [1.82, 2.24) is 0 Å². The zero-order valence-corrected chi connectivity index (χ0v) is 14.9. The number of carbonyl (C=O) groups is 1. The molecule has 9 heteroatoms. The van der Waals surface area contributed by atoms with E-state index in [9.17, 15) is 18.0 Å². The Morgan fingerprint density at radius 1 is 1.20 bits per heavy atom. The molecule has 0 heterocycles. The zero-order valence-electron chi connectivity index (χ0n) is 12.6. The van der Waals surface area contributed by atoms with Crippen molar-refractivity contribution < 1.29 is 32.5 Å². The molecule has 0 saturated heterocycles. The van der Waals surface area contributed by atoms with Crippen LogP contribution in [0.1, 0.15) is 12.5 Å². The minimum Gasteiger partial charge on any atom is -0.479 e. The second-order valence-electron chi connectivity index (χ2n) is 4.94. The number of halogens is 5. The minimum atomic E-state index is -4.51. The van der Waals surface area contributed by atoms with Crippen molar-refractivity contribution in [3.05, 3.63) is 51.5 Å². The molecule has 0 amide bonds. The maximum atomic E-state index is 12.6. The summed E-state index contributed by atoms with van der Waals surface area (Å²) in [6.07, 6.45) is -5.60. The molecule has 1 N–H and O–H groups in total. The van der Waals surface area contributed by atoms with E-state index in [4.69, 9.17) is 26.2 Å². The van der Waals surface area contributed by atoms with Crippen LogP contribution in [0.2, 0.25) is 5.02 Å². The van der Waals surface area contributed by atoms with Gasteiger partial charge in [-0.3, -0.25) is 0 Å². The quantitative estimate of drug-likeness (QED) is 0.643. The van der Waals surface area contributed by atoms with Gasteiger partial charge in [0.15, 0.2) is 6.10 Å². The van der Waals surface area contributed by atoms with Crippen LogP contribution >= 0.6 is 27.5 Å². The van der Waals surface area contributed by atoms with E-state index in [0.29, 0.717) is 4.47 Å². The van der Waals surface area contributed by atoms with Gasteiger partial charge in [0, 0.05) is 6.07 Å². The van der Waals surface area contributed by atoms with Gasteiger partial charge >= 0.3 is 12.1 Å². The summed E-state index contributed by atoms with van der Waals surface area (Å²) in [5, 5.41) is 8.68. The fourth-order valence-corrected chi connectivity index (χ4v) is 2.32. The molecule has 2 rings (SSSR count). The Kier molecular flexibility index (Phi) is 5.84. The van der Waals surface area contributed by atoms with Gasteiger partial charge in [-0.05, 0) is 53.2 Å². The molecule has 0 aliphatic rings. The van der Waals surface area contributed by atoms with Gasteiger partial charge in [-0.25, -0.2) is 4.79 Å². The van der Waals surface area contributed by atoms with Crippen LogP contribution in [-0.4, -0.2) is 17.2 Å². The van der Waals surface area contributed by atoms with Gasteiger partial charge in [0.2, 0.25) is 0 Å². The van der Waals surface area contributed by atoms with E-state index in [1.54, 1.807) is 6.07 Å². The van der Waals surface area contributed by atoms with E-state index in [1.807, 2.05) is 0 Å². The van der Waals surface area contributed by atoms with Crippen LogP contribution in [0.4, 0.5) is 13.2 Å². The van der Waals surface area contributed by atoms with Crippen LogP contribution in [0.3, 0.4) is 0 Å². The summed E-state index contributed by atoms with van der Waals surface area (Å²) in [5.74, 6) is -0.703. The highest BCUT2D eigenvalue weighted by atomic mass is 79.9. The average Bonchev–Trinajstić information content (AvgIpc) is 2.51. The van der Waals surface area contributed by atoms with Gasteiger partial charge in [-0.15, -0.1) is 0 Å². The number of carboxylic acids is 1. The summed E-state index contributed by atoms with van der Waals surface area (Å²) in [6, 6.07) is 7.20. The van der Waals surface area contributed by atoms with Crippen molar-refractivity contribution in [3.63, 3.8) is 0 Å². The number of alkyl halides is 3. The molecule has 0 radical (unpaired) electrons. The molecular formula is C16H11BrClF3O4. The summed E-state index contributed by atoms with van der Waals surface area (Å²) in [5.41, 5.74) is -0.889. The second kappa shape index (κ2) is 7.53. The molecule has 4 nitrogen and oxygen atoms in total. The standard InChI is InChI=1S/C16H11BrClF3O4/c1-8(15(22)23)24-14-7-10(3-4-11(14)17)25-13-5-2-9(6-12(13)18)16(19,20)21/h2-8H,1H3,(H,22,23). The number of benzene rings is 2. The molecule has 0 aromatic heterocycles. The Bertz CT molecular complexity index is 795. The molecule has 2 aromatic carbocycles. The molecule has 0 bridgehead atoms. The molecule has 0 aliphatic heterocycles. The predicted molar refractivity (Wildman–Crippen MR) is 88.4 cm³/mol. The fraction of sp³-hybridized carbons (Fsp3) is 0.188. The third kappa shape index (κ3) is 5.02. The molecule has 2 aromatic rings. The summed E-state index contributed by atoms with van der Waals surface area (Å²) in [4.78, 5) is 10.9. The van der Waals surface area contributed by atoms with Crippen molar-refractivity contribution in [2.75, 3.05) is 0 Å². The van der Waals surface area contributed by atoms with Crippen molar-refractivity contribution in [1.29, 1.82) is 0 Å². The Hall–Kier alpha value is -1.93. The van der Waals surface area contributed by atoms with E-state index >= 15 is 0 Å². The van der Waals surface area contributed by atoms with Crippen LogP contribution < -0.4 is 9.47 Å². The van der Waals surface area contributed by atoms with Gasteiger partial charge in [-0.2, -0.15) is 13.2 Å². The summed E-state index contributed by atoms with van der Waals surface area (Å²) >= 11 is 9.05. The lowest BCUT2D eigenvalue weighted by Gasteiger charge is -2.14. The van der Waals surface area contributed by atoms with E-state index < -0.39 is 23.8 Å². The fourth-order valence-electron chi connectivity index (χ4n) is 1.77. The number of hydrogen-bond acceptors (Lipinski definition) is 3. The number of carboxylic acid groups (broad SMARTS) is 1. The minimum absolute atomic E-state index is 0.0224. The lowest BCUT2D eigenvalue weighted by molar-refractivity contribution is -0.144. The molecule has 0 saturated carbocycles. The smallest absolute Gasteiger partial charge is 0.416 e. The predicted octanol–water partition coefficient (Wildman–Crippen LogP) is 5.77. The maximum absolute atomic E-state index is 12.6. The summed E-state index contributed by atoms with van der Waals surface area (Å²) in [7, 11) is 0. The van der Waals surface area contributed by atoms with Crippen LogP contribution in [-0.2, 0) is 11.0 Å². The van der Waals surface area contributed by atoms with Crippen molar-refractivity contribution in [2.24, 2.45) is 0 Å². The summed E-state index contributed by atoms with van der Waals surface area (Å²) < 4.78 is 49.2. The first-order chi connectivity index (χ1) is 11.6. The van der Waals surface area contributed by atoms with Gasteiger partial charge in [0.1, 0.15) is 17.2 Å². The van der Waals surface area contributed by atoms with Gasteiger partial charge in [0.05, 0.1) is 15.1 Å². The highest BCUT2D eigenvalue weighted by Gasteiger charge is 2.31. The van der Waals surface area contributed by atoms with Crippen LogP contribution in [0, 0.1) is 0 Å². The van der Waals surface area contributed by atoms with Crippen LogP contribution in [0.25, 0.3) is 0 Å². The van der Waals surface area contributed by atoms with E-state index in [-0.39, 0.29) is 22.3 Å². The second-order valence-corrected chi connectivity index (χ2v) is 6.20. The van der Waals surface area contributed by atoms with Gasteiger partial charge in [-0.1, -0.05) is 11.6 Å². The molecule has 134 valence electrons. The number of rotatable bonds is 5. The first-order valence-corrected chi connectivity index (χ1v) is 7.98. The zero-order chi connectivity index (χ0) is 18.8. The largest absolute Gasteiger partial charge is 0.479 e. The number of aliphatic carboxylic acids is 1. The van der Waals surface area contributed by atoms with Crippen molar-refractivity contribution in [2.45, 2.75) is 19.2 Å². The van der Waals surface area contributed by atoms with E-state index in [0.717, 1.165) is 18.2 Å². The van der Waals surface area contributed by atoms with Gasteiger partial charge < -0.3 is 14.6 Å². The Balaban J connectivity index is 2.25. The first kappa shape index (κ1) is 19.4. The highest BCUT2D eigenvalue weighted by Crippen LogP contribution is 2.38. The van der Waals surface area contributed by atoms with Gasteiger partial charge in [0.25, 0.3) is 0 Å². The maximum Gasteiger partial charge on any atom is 0.416 e. The van der Waals surface area contributed by atoms with Crippen molar-refractivity contribution in [3.8, 4) is 17.2 Å². The normalized spacial score (nSPS) is 12.6. The Labute approximate surface area is 154 Å². The molecule has 1 atom stereocenters. The molecular weight excluding hydrogens is 429 g/mol. The molecule has 0 aliphatic carbocycles. The van der Waals surface area contributed by atoms with Crippen LogP contribution in [0.5, 0.6) is 17.2 Å². The monoisotopic (exact) mass is 438 g/mol. The van der Waals surface area contributed by atoms with E-state index in [2.05, 4.69) is 15.9 Å². The number of hydrogen-bond donors (Lipinski definition) is 1. The van der Waals surface area contributed by atoms with Crippen LogP contribution in [0.15, 0.2) is 40.9 Å². The molecule has 25 heavy (non-hydrogen) atoms. The third-order valence-corrected chi connectivity index (χ3v) is 3.99. The lowest BCUT2D eigenvalue weighted by Crippen LogP contribution is -2.23. The Morgan fingerprint density at radius 2 is 1.88 bits per heavy atom. The van der Waals surface area contributed by atoms with Crippen molar-refractivity contribution >= 4 is 33.5 Å². The molecule has 0 spiro atoms. The lowest BCUT2D eigenvalue weighted by atomic mass is 10.2. The molecule has 0 fully saturated rings.